The Morgan fingerprint density at radius 1 is 1.11 bits per heavy atom. The van der Waals surface area contributed by atoms with Crippen LogP contribution >= 0.6 is 22.7 Å². The Balaban J connectivity index is 1.54. The number of amides is 2. The summed E-state index contributed by atoms with van der Waals surface area (Å²) in [6, 6.07) is 9.85. The first-order valence-corrected chi connectivity index (χ1v) is 9.99. The van der Waals surface area contributed by atoms with Gasteiger partial charge < -0.3 is 10.6 Å². The average molecular weight is 404 g/mol. The molecule has 0 saturated carbocycles. The van der Waals surface area contributed by atoms with E-state index in [2.05, 4.69) is 15.6 Å². The fourth-order valence-electron chi connectivity index (χ4n) is 2.40. The summed E-state index contributed by atoms with van der Waals surface area (Å²) >= 11 is 2.80. The summed E-state index contributed by atoms with van der Waals surface area (Å²) in [7, 11) is 0. The van der Waals surface area contributed by atoms with Crippen molar-refractivity contribution in [2.75, 3.05) is 0 Å². The molecule has 0 radical (unpaired) electrons. The zero-order chi connectivity index (χ0) is 19.2. The van der Waals surface area contributed by atoms with Crippen molar-refractivity contribution in [3.05, 3.63) is 73.6 Å². The summed E-state index contributed by atoms with van der Waals surface area (Å²) in [5.74, 6) is -0.694. The number of thiophene rings is 1. The summed E-state index contributed by atoms with van der Waals surface area (Å²) in [5, 5.41) is 8.21. The van der Waals surface area contributed by atoms with Gasteiger partial charge >= 0.3 is 0 Å². The molecule has 3 rings (SSSR count). The molecular formula is C19H18FN3O2S2. The van der Waals surface area contributed by atoms with Crippen molar-refractivity contribution >= 4 is 34.5 Å². The van der Waals surface area contributed by atoms with Crippen molar-refractivity contribution in [3.8, 4) is 0 Å². The number of carbonyl (C=O) groups excluding carboxylic acids is 2. The van der Waals surface area contributed by atoms with E-state index in [1.54, 1.807) is 30.4 Å². The van der Waals surface area contributed by atoms with Gasteiger partial charge in [0.2, 0.25) is 5.91 Å². The average Bonchev–Trinajstić information content (AvgIpc) is 3.29. The maximum atomic E-state index is 12.9. The normalized spacial score (nSPS) is 10.6. The van der Waals surface area contributed by atoms with Crippen LogP contribution in [0.15, 0.2) is 41.8 Å². The minimum absolute atomic E-state index is 0.129. The van der Waals surface area contributed by atoms with Gasteiger partial charge in [0, 0.05) is 11.4 Å². The van der Waals surface area contributed by atoms with Crippen molar-refractivity contribution in [1.82, 2.24) is 15.6 Å². The Morgan fingerprint density at radius 3 is 2.59 bits per heavy atom. The van der Waals surface area contributed by atoms with Crippen LogP contribution in [0.4, 0.5) is 4.39 Å². The van der Waals surface area contributed by atoms with Crippen molar-refractivity contribution in [2.24, 2.45) is 0 Å². The third-order valence-corrected chi connectivity index (χ3v) is 5.80. The zero-order valence-corrected chi connectivity index (χ0v) is 16.3. The summed E-state index contributed by atoms with van der Waals surface area (Å²) < 4.78 is 12.9. The molecule has 2 N–H and O–H groups in total. The first kappa shape index (κ1) is 19.2. The number of carbonyl (C=O) groups is 2. The van der Waals surface area contributed by atoms with E-state index in [1.807, 2.05) is 17.5 Å². The zero-order valence-electron chi connectivity index (χ0n) is 14.6. The Bertz CT molecular complexity index is 921. The van der Waals surface area contributed by atoms with Crippen LogP contribution in [-0.4, -0.2) is 16.8 Å². The van der Waals surface area contributed by atoms with Gasteiger partial charge in [0.1, 0.15) is 15.7 Å². The molecule has 1 aromatic carbocycles. The molecule has 0 bridgehead atoms. The predicted molar refractivity (Wildman–Crippen MR) is 104 cm³/mol. The maximum Gasteiger partial charge on any atom is 0.263 e. The summed E-state index contributed by atoms with van der Waals surface area (Å²) in [6.45, 7) is 2.54. The lowest BCUT2D eigenvalue weighted by Crippen LogP contribution is -2.24. The quantitative estimate of drug-likeness (QED) is 0.635. The molecule has 0 fully saturated rings. The number of rotatable bonds is 7. The maximum absolute atomic E-state index is 12.9. The molecule has 0 atom stereocenters. The van der Waals surface area contributed by atoms with E-state index in [1.165, 1.54) is 23.5 Å². The molecule has 0 aliphatic heterocycles. The molecule has 0 aliphatic carbocycles. The lowest BCUT2D eigenvalue weighted by Gasteiger charge is -2.04. The minimum atomic E-state index is -0.314. The standard InChI is InChI=1S/C19H18FN3O2S2/c1-12-18(19(25)22-10-13-4-6-14(20)7-5-13)27-17(23-12)9-16(24)21-11-15-3-2-8-26-15/h2-8H,9-11H2,1H3,(H,21,24)(H,22,25). The number of nitrogens with one attached hydrogen (secondary N) is 2. The van der Waals surface area contributed by atoms with Gasteiger partial charge in [-0.3, -0.25) is 9.59 Å². The second-order valence-electron chi connectivity index (χ2n) is 5.86. The van der Waals surface area contributed by atoms with Gasteiger partial charge in [-0.2, -0.15) is 0 Å². The van der Waals surface area contributed by atoms with Crippen LogP contribution in [0.1, 0.15) is 30.8 Å². The molecule has 0 unspecified atom stereocenters. The predicted octanol–water partition coefficient (Wildman–Crippen LogP) is 3.44. The highest BCUT2D eigenvalue weighted by molar-refractivity contribution is 7.13. The Hall–Kier alpha value is -2.58. The number of thiazole rings is 1. The molecular weight excluding hydrogens is 385 g/mol. The highest BCUT2D eigenvalue weighted by Crippen LogP contribution is 2.19. The smallest absolute Gasteiger partial charge is 0.263 e. The van der Waals surface area contributed by atoms with Crippen LogP contribution in [0, 0.1) is 12.7 Å². The number of hydrogen-bond acceptors (Lipinski definition) is 5. The van der Waals surface area contributed by atoms with Crippen LogP contribution < -0.4 is 10.6 Å². The first-order chi connectivity index (χ1) is 13.0. The first-order valence-electron chi connectivity index (χ1n) is 8.29. The molecule has 27 heavy (non-hydrogen) atoms. The number of benzene rings is 1. The summed E-state index contributed by atoms with van der Waals surface area (Å²) in [5.41, 5.74) is 1.40. The van der Waals surface area contributed by atoms with Gasteiger partial charge in [-0.05, 0) is 36.1 Å². The molecule has 3 aromatic rings. The van der Waals surface area contributed by atoms with Crippen molar-refractivity contribution < 1.29 is 14.0 Å². The van der Waals surface area contributed by atoms with Gasteiger partial charge in [0.15, 0.2) is 0 Å². The van der Waals surface area contributed by atoms with Gasteiger partial charge in [0.05, 0.1) is 18.7 Å². The van der Waals surface area contributed by atoms with E-state index < -0.39 is 0 Å². The summed E-state index contributed by atoms with van der Waals surface area (Å²) in [6.07, 6.45) is 0.141. The van der Waals surface area contributed by atoms with E-state index in [9.17, 15) is 14.0 Å². The van der Waals surface area contributed by atoms with Gasteiger partial charge in [-0.25, -0.2) is 9.37 Å². The second-order valence-corrected chi connectivity index (χ2v) is 7.98. The Morgan fingerprint density at radius 2 is 1.89 bits per heavy atom. The van der Waals surface area contributed by atoms with Crippen LogP contribution in [-0.2, 0) is 24.3 Å². The molecule has 0 spiro atoms. The van der Waals surface area contributed by atoms with E-state index >= 15 is 0 Å². The fraction of sp³-hybridized carbons (Fsp3) is 0.211. The highest BCUT2D eigenvalue weighted by atomic mass is 32.1. The Kier molecular flexibility index (Phi) is 6.31. The lowest BCUT2D eigenvalue weighted by atomic mass is 10.2. The minimum Gasteiger partial charge on any atom is -0.351 e. The highest BCUT2D eigenvalue weighted by Gasteiger charge is 2.17. The van der Waals surface area contributed by atoms with Gasteiger partial charge in [0.25, 0.3) is 5.91 Å². The van der Waals surface area contributed by atoms with Crippen LogP contribution in [0.5, 0.6) is 0 Å². The van der Waals surface area contributed by atoms with E-state index in [-0.39, 0.29) is 24.1 Å². The fourth-order valence-corrected chi connectivity index (χ4v) is 4.03. The topological polar surface area (TPSA) is 71.1 Å². The molecule has 2 heterocycles. The second kappa shape index (κ2) is 8.88. The monoisotopic (exact) mass is 403 g/mol. The van der Waals surface area contributed by atoms with Gasteiger partial charge in [-0.1, -0.05) is 18.2 Å². The van der Waals surface area contributed by atoms with E-state index in [4.69, 9.17) is 0 Å². The number of aromatic nitrogens is 1. The lowest BCUT2D eigenvalue weighted by molar-refractivity contribution is -0.120. The molecule has 5 nitrogen and oxygen atoms in total. The van der Waals surface area contributed by atoms with Crippen LogP contribution in [0.3, 0.4) is 0 Å². The van der Waals surface area contributed by atoms with Crippen molar-refractivity contribution in [1.29, 1.82) is 0 Å². The third kappa shape index (κ3) is 5.45. The number of hydrogen-bond donors (Lipinski definition) is 2. The molecule has 2 aromatic heterocycles. The molecule has 0 aliphatic rings. The molecule has 0 saturated heterocycles. The summed E-state index contributed by atoms with van der Waals surface area (Å²) in [4.78, 5) is 30.3. The van der Waals surface area contributed by atoms with E-state index in [0.29, 0.717) is 28.7 Å². The molecule has 2 amide bonds. The largest absolute Gasteiger partial charge is 0.351 e. The van der Waals surface area contributed by atoms with Crippen molar-refractivity contribution in [3.63, 3.8) is 0 Å². The van der Waals surface area contributed by atoms with Crippen LogP contribution in [0.25, 0.3) is 0 Å². The number of halogens is 1. The third-order valence-electron chi connectivity index (χ3n) is 3.77. The molecule has 140 valence electrons. The van der Waals surface area contributed by atoms with Crippen molar-refractivity contribution in [2.45, 2.75) is 26.4 Å². The number of aryl methyl sites for hydroxylation is 1. The van der Waals surface area contributed by atoms with E-state index in [0.717, 1.165) is 10.4 Å². The van der Waals surface area contributed by atoms with Crippen LogP contribution in [0.2, 0.25) is 0 Å². The SMILES string of the molecule is Cc1nc(CC(=O)NCc2cccs2)sc1C(=O)NCc1ccc(F)cc1. The number of nitrogens with zero attached hydrogens (tertiary/aromatic N) is 1. The van der Waals surface area contributed by atoms with Gasteiger partial charge in [-0.15, -0.1) is 22.7 Å². The molecule has 8 heteroatoms. The Labute approximate surface area is 164 Å².